The number of allylic oxidation sites excluding steroid dienone is 2. The van der Waals surface area contributed by atoms with Crippen molar-refractivity contribution >= 4 is 5.87 Å². The van der Waals surface area contributed by atoms with Crippen LogP contribution in [0.25, 0.3) is 0 Å². The van der Waals surface area contributed by atoms with Gasteiger partial charge in [-0.1, -0.05) is 18.2 Å². The summed E-state index contributed by atoms with van der Waals surface area (Å²) in [5.74, 6) is 2.24. The maximum Gasteiger partial charge on any atom is 0.217 e. The molecule has 1 saturated carbocycles. The summed E-state index contributed by atoms with van der Waals surface area (Å²) in [6.45, 7) is 4.42. The molecule has 33 heavy (non-hydrogen) atoms. The average Bonchev–Trinajstić information content (AvgIpc) is 3.67. The van der Waals surface area contributed by atoms with Crippen LogP contribution in [0.15, 0.2) is 65.5 Å². The van der Waals surface area contributed by atoms with E-state index in [0.29, 0.717) is 17.9 Å². The van der Waals surface area contributed by atoms with Gasteiger partial charge in [0.25, 0.3) is 0 Å². The van der Waals surface area contributed by atoms with Gasteiger partial charge >= 0.3 is 0 Å². The van der Waals surface area contributed by atoms with Crippen molar-refractivity contribution in [3.63, 3.8) is 0 Å². The molecule has 166 valence electrons. The number of nitrogens with zero attached hydrogens (tertiary/aromatic N) is 3. The quantitative estimate of drug-likeness (QED) is 0.362. The van der Waals surface area contributed by atoms with Gasteiger partial charge in [0.05, 0.1) is 29.9 Å². The van der Waals surface area contributed by atoms with Crippen LogP contribution in [0.4, 0.5) is 0 Å². The van der Waals surface area contributed by atoms with Gasteiger partial charge in [0.2, 0.25) is 11.8 Å². The third-order valence-electron chi connectivity index (χ3n) is 6.43. The van der Waals surface area contributed by atoms with Gasteiger partial charge in [0.15, 0.2) is 11.9 Å². The second-order valence-corrected chi connectivity index (χ2v) is 8.41. The first kappa shape index (κ1) is 22.3. The van der Waals surface area contributed by atoms with Crippen molar-refractivity contribution in [3.05, 3.63) is 76.8 Å². The first-order valence-corrected chi connectivity index (χ1v) is 11.0. The molecule has 1 aliphatic heterocycles. The van der Waals surface area contributed by atoms with Gasteiger partial charge in [-0.3, -0.25) is 5.41 Å². The van der Waals surface area contributed by atoms with Crippen molar-refractivity contribution in [1.82, 2.24) is 5.32 Å². The first-order chi connectivity index (χ1) is 16.0. The molecule has 0 amide bonds. The molecule has 1 aromatic carbocycles. The highest BCUT2D eigenvalue weighted by Crippen LogP contribution is 2.52. The van der Waals surface area contributed by atoms with Crippen LogP contribution >= 0.6 is 0 Å². The lowest BCUT2D eigenvalue weighted by Gasteiger charge is -2.43. The Kier molecular flexibility index (Phi) is 6.03. The summed E-state index contributed by atoms with van der Waals surface area (Å²) < 4.78 is 7.59. The van der Waals surface area contributed by atoms with Gasteiger partial charge in [-0.25, -0.2) is 0 Å². The lowest BCUT2D eigenvalue weighted by atomic mass is 9.73. The van der Waals surface area contributed by atoms with E-state index < -0.39 is 17.7 Å². The minimum Gasteiger partial charge on any atom is -0.494 e. The Hall–Kier alpha value is -3.90. The highest BCUT2D eigenvalue weighted by Gasteiger charge is 2.61. The molecule has 2 aromatic rings. The van der Waals surface area contributed by atoms with Crippen molar-refractivity contribution in [2.24, 2.45) is 5.92 Å². The number of ether oxygens (including phenoxy) is 1. The third-order valence-corrected chi connectivity index (χ3v) is 6.43. The largest absolute Gasteiger partial charge is 0.494 e. The van der Waals surface area contributed by atoms with E-state index in [2.05, 4.69) is 17.3 Å². The van der Waals surface area contributed by atoms with Gasteiger partial charge in [-0.2, -0.15) is 15.1 Å². The second kappa shape index (κ2) is 8.92. The topological polar surface area (TPSA) is 117 Å². The Morgan fingerprint density at radius 2 is 1.97 bits per heavy atom. The van der Waals surface area contributed by atoms with Gasteiger partial charge in [0, 0.05) is 25.0 Å². The monoisotopic (exact) mass is 440 g/mol. The average molecular weight is 441 g/mol. The van der Waals surface area contributed by atoms with E-state index in [9.17, 15) is 15.6 Å². The van der Waals surface area contributed by atoms with Gasteiger partial charge in [-0.05, 0) is 43.3 Å². The summed E-state index contributed by atoms with van der Waals surface area (Å²) in [6, 6.07) is 17.0. The van der Waals surface area contributed by atoms with E-state index in [-0.39, 0.29) is 17.2 Å². The number of pyridine rings is 1. The van der Waals surface area contributed by atoms with Crippen molar-refractivity contribution in [2.75, 3.05) is 6.61 Å². The molecule has 0 radical (unpaired) electrons. The van der Waals surface area contributed by atoms with Gasteiger partial charge < -0.3 is 15.2 Å². The number of aromatic nitrogens is 1. The smallest absolute Gasteiger partial charge is 0.217 e. The molecule has 2 heterocycles. The first-order valence-electron chi connectivity index (χ1n) is 11.0. The SMILES string of the molecule is CCOc1ccc(C2C(C#N)=C(C(=C=N)C#N)NC(O)(C3CC3)C2[n+]2ccccc2C)cc1. The summed E-state index contributed by atoms with van der Waals surface area (Å²) in [7, 11) is 0. The van der Waals surface area contributed by atoms with Crippen LogP contribution in [-0.2, 0) is 0 Å². The molecule has 2 aliphatic rings. The van der Waals surface area contributed by atoms with Gasteiger partial charge in [-0.15, -0.1) is 0 Å². The number of aliphatic hydroxyl groups is 1. The van der Waals surface area contributed by atoms with Crippen molar-refractivity contribution in [1.29, 1.82) is 15.9 Å². The van der Waals surface area contributed by atoms with E-state index in [4.69, 9.17) is 10.1 Å². The number of nitrogens with one attached hydrogen (secondary N) is 2. The van der Waals surface area contributed by atoms with Crippen LogP contribution in [0.2, 0.25) is 0 Å². The summed E-state index contributed by atoms with van der Waals surface area (Å²) in [4.78, 5) is 0. The summed E-state index contributed by atoms with van der Waals surface area (Å²) in [6.07, 6.45) is 3.57. The van der Waals surface area contributed by atoms with Crippen LogP contribution in [0.5, 0.6) is 5.75 Å². The Bertz CT molecular complexity index is 1230. The fraction of sp³-hybridized carbons (Fsp3) is 0.346. The zero-order valence-electron chi connectivity index (χ0n) is 18.7. The van der Waals surface area contributed by atoms with Crippen molar-refractivity contribution in [3.8, 4) is 17.9 Å². The molecular formula is C26H26N5O2+. The van der Waals surface area contributed by atoms with E-state index in [0.717, 1.165) is 24.1 Å². The molecule has 1 aliphatic carbocycles. The lowest BCUT2D eigenvalue weighted by molar-refractivity contribution is -0.747. The highest BCUT2D eigenvalue weighted by atomic mass is 16.5. The third kappa shape index (κ3) is 3.90. The van der Waals surface area contributed by atoms with Crippen molar-refractivity contribution < 1.29 is 14.4 Å². The van der Waals surface area contributed by atoms with Crippen LogP contribution in [0.1, 0.15) is 43.0 Å². The normalized spacial score (nSPS) is 24.2. The predicted octanol–water partition coefficient (Wildman–Crippen LogP) is 3.18. The number of aryl methyl sites for hydroxylation is 1. The Labute approximate surface area is 193 Å². The zero-order valence-corrected chi connectivity index (χ0v) is 18.7. The molecule has 7 nitrogen and oxygen atoms in total. The fourth-order valence-corrected chi connectivity index (χ4v) is 4.76. The molecule has 0 saturated heterocycles. The lowest BCUT2D eigenvalue weighted by Crippen LogP contribution is -2.66. The molecule has 0 spiro atoms. The molecule has 3 atom stereocenters. The number of nitriles is 2. The molecule has 4 rings (SSSR count). The predicted molar refractivity (Wildman–Crippen MR) is 121 cm³/mol. The standard InChI is InChI=1S/C26H26N5O2/c1-3-33-21-11-7-18(8-12-21)23-22(16-29)24(19(14-27)15-28)30-26(32,20-9-10-20)25(23)31-13-5-4-6-17(31)2/h4-8,11-13,20,23,25,27,30,32H,3,9-10H2,1-2H3/q+1. The molecular weight excluding hydrogens is 414 g/mol. The van der Waals surface area contributed by atoms with Crippen LogP contribution < -0.4 is 14.6 Å². The van der Waals surface area contributed by atoms with Crippen molar-refractivity contribution in [2.45, 2.75) is 44.4 Å². The maximum atomic E-state index is 12.1. The van der Waals surface area contributed by atoms with Crippen LogP contribution in [-0.4, -0.2) is 23.3 Å². The minimum atomic E-state index is -1.42. The number of hydrogen-bond donors (Lipinski definition) is 3. The number of rotatable bonds is 6. The summed E-state index contributed by atoms with van der Waals surface area (Å²) >= 11 is 0. The molecule has 0 bridgehead atoms. The van der Waals surface area contributed by atoms with Gasteiger partial charge in [0.1, 0.15) is 17.4 Å². The van der Waals surface area contributed by atoms with Crippen LogP contribution in [0, 0.1) is 40.9 Å². The highest BCUT2D eigenvalue weighted by molar-refractivity contribution is 5.71. The summed E-state index contributed by atoms with van der Waals surface area (Å²) in [5, 5.41) is 42.8. The molecule has 7 heteroatoms. The Morgan fingerprint density at radius 3 is 2.52 bits per heavy atom. The molecule has 1 aromatic heterocycles. The molecule has 3 unspecified atom stereocenters. The zero-order chi connectivity index (χ0) is 23.6. The minimum absolute atomic E-state index is 0.0549. The molecule has 3 N–H and O–H groups in total. The van der Waals surface area contributed by atoms with Crippen LogP contribution in [0.3, 0.4) is 0 Å². The Morgan fingerprint density at radius 1 is 1.24 bits per heavy atom. The van der Waals surface area contributed by atoms with E-state index in [1.54, 1.807) is 0 Å². The van der Waals surface area contributed by atoms with E-state index in [1.165, 1.54) is 0 Å². The second-order valence-electron chi connectivity index (χ2n) is 8.41. The number of benzene rings is 1. The van der Waals surface area contributed by atoms with E-state index >= 15 is 0 Å². The number of hydrogen-bond acceptors (Lipinski definition) is 6. The fourth-order valence-electron chi connectivity index (χ4n) is 4.76. The summed E-state index contributed by atoms with van der Waals surface area (Å²) in [5.41, 5.74) is 0.693. The van der Waals surface area contributed by atoms with E-state index in [1.807, 2.05) is 73.1 Å². The Balaban J connectivity index is 2.01. The maximum absolute atomic E-state index is 12.1. The molecule has 1 fully saturated rings.